The second-order valence-corrected chi connectivity index (χ2v) is 8.30. The van der Waals surface area contributed by atoms with Crippen molar-refractivity contribution in [2.75, 3.05) is 6.54 Å². The lowest BCUT2D eigenvalue weighted by molar-refractivity contribution is -0.122. The molecule has 1 aliphatic carbocycles. The number of aromatic nitrogens is 2. The molecule has 0 radical (unpaired) electrons. The van der Waals surface area contributed by atoms with E-state index in [1.165, 1.54) is 11.6 Å². The van der Waals surface area contributed by atoms with Crippen LogP contribution in [0.25, 0.3) is 0 Å². The molecule has 1 aliphatic rings. The van der Waals surface area contributed by atoms with Crippen LogP contribution < -0.4 is 5.32 Å². The van der Waals surface area contributed by atoms with Crippen LogP contribution in [0.5, 0.6) is 0 Å². The van der Waals surface area contributed by atoms with Crippen molar-refractivity contribution >= 4 is 5.91 Å². The van der Waals surface area contributed by atoms with Gasteiger partial charge in [-0.3, -0.25) is 14.4 Å². The van der Waals surface area contributed by atoms with Gasteiger partial charge in [-0.25, -0.2) is 4.39 Å². The summed E-state index contributed by atoms with van der Waals surface area (Å²) < 4.78 is 16.0. The van der Waals surface area contributed by atoms with Gasteiger partial charge in [0.05, 0.1) is 18.8 Å². The third-order valence-electron chi connectivity index (χ3n) is 5.91. The average Bonchev–Trinajstić information content (AvgIpc) is 3.56. The third-order valence-corrected chi connectivity index (χ3v) is 5.91. The van der Waals surface area contributed by atoms with Gasteiger partial charge in [0.25, 0.3) is 0 Å². The number of carbonyl (C=O) groups excluding carboxylic acids is 1. The summed E-state index contributed by atoms with van der Waals surface area (Å²) >= 11 is 0. The molecule has 6 heteroatoms. The van der Waals surface area contributed by atoms with E-state index in [1.807, 2.05) is 42.8 Å². The highest BCUT2D eigenvalue weighted by Gasteiger charge is 2.30. The molecular formula is C25H29FN4O. The van der Waals surface area contributed by atoms with E-state index < -0.39 is 0 Å². The van der Waals surface area contributed by atoms with Gasteiger partial charge in [-0.1, -0.05) is 48.5 Å². The first-order valence-electron chi connectivity index (χ1n) is 10.8. The molecule has 0 saturated heterocycles. The second kappa shape index (κ2) is 9.43. The first-order valence-corrected chi connectivity index (χ1v) is 10.8. The molecule has 0 bridgehead atoms. The van der Waals surface area contributed by atoms with Crippen molar-refractivity contribution in [2.45, 2.75) is 52.4 Å². The molecule has 0 aliphatic heterocycles. The quantitative estimate of drug-likeness (QED) is 0.570. The number of amides is 1. The topological polar surface area (TPSA) is 50.2 Å². The number of nitrogens with zero attached hydrogens (tertiary/aromatic N) is 3. The van der Waals surface area contributed by atoms with Gasteiger partial charge in [-0.05, 0) is 38.3 Å². The van der Waals surface area contributed by atoms with Gasteiger partial charge >= 0.3 is 0 Å². The molecule has 2 aromatic carbocycles. The number of nitrogens with one attached hydrogen (secondary N) is 1. The first-order chi connectivity index (χ1) is 15.0. The van der Waals surface area contributed by atoms with Crippen molar-refractivity contribution < 1.29 is 9.18 Å². The van der Waals surface area contributed by atoms with Crippen molar-refractivity contribution in [1.82, 2.24) is 20.0 Å². The first kappa shape index (κ1) is 21.2. The summed E-state index contributed by atoms with van der Waals surface area (Å²) in [4.78, 5) is 14.8. The van der Waals surface area contributed by atoms with E-state index in [9.17, 15) is 9.18 Å². The zero-order chi connectivity index (χ0) is 21.8. The van der Waals surface area contributed by atoms with Crippen molar-refractivity contribution in [3.8, 4) is 0 Å². The number of benzene rings is 2. The molecule has 4 rings (SSSR count). The maximum absolute atomic E-state index is 14.1. The summed E-state index contributed by atoms with van der Waals surface area (Å²) in [6.07, 6.45) is 2.12. The Morgan fingerprint density at radius 3 is 2.55 bits per heavy atom. The van der Waals surface area contributed by atoms with E-state index in [0.717, 1.165) is 29.8 Å². The molecule has 0 atom stereocenters. The Morgan fingerprint density at radius 1 is 1.13 bits per heavy atom. The standard InChI is InChI=1S/C25H29FN4O/c1-18-23(19(2)30(28-18)15-20-8-4-3-5-9-20)14-27-25(31)17-29(22-12-13-22)16-21-10-6-7-11-24(21)26/h3-11,22H,12-17H2,1-2H3,(H,27,31). The van der Waals surface area contributed by atoms with Crippen LogP contribution in [0.2, 0.25) is 0 Å². The molecule has 0 unspecified atom stereocenters. The van der Waals surface area contributed by atoms with Crippen molar-refractivity contribution in [2.24, 2.45) is 0 Å². The normalized spacial score (nSPS) is 13.5. The van der Waals surface area contributed by atoms with Crippen LogP contribution in [0, 0.1) is 19.7 Å². The van der Waals surface area contributed by atoms with Gasteiger partial charge in [0.1, 0.15) is 5.82 Å². The smallest absolute Gasteiger partial charge is 0.234 e. The van der Waals surface area contributed by atoms with Crippen LogP contribution >= 0.6 is 0 Å². The second-order valence-electron chi connectivity index (χ2n) is 8.30. The Morgan fingerprint density at radius 2 is 1.84 bits per heavy atom. The lowest BCUT2D eigenvalue weighted by Crippen LogP contribution is -2.38. The summed E-state index contributed by atoms with van der Waals surface area (Å²) in [5.41, 5.74) is 4.87. The number of halogens is 1. The van der Waals surface area contributed by atoms with Crippen LogP contribution in [0.15, 0.2) is 54.6 Å². The predicted molar refractivity (Wildman–Crippen MR) is 119 cm³/mol. The van der Waals surface area contributed by atoms with E-state index in [1.54, 1.807) is 12.1 Å². The van der Waals surface area contributed by atoms with Crippen LogP contribution in [0.1, 0.15) is 40.9 Å². The molecule has 1 aromatic heterocycles. The molecule has 1 fully saturated rings. The summed E-state index contributed by atoms with van der Waals surface area (Å²) in [6, 6.07) is 17.4. The van der Waals surface area contributed by atoms with E-state index in [2.05, 4.69) is 27.4 Å². The Labute approximate surface area is 182 Å². The van der Waals surface area contributed by atoms with Crippen LogP contribution in [-0.2, 0) is 24.4 Å². The number of aryl methyl sites for hydroxylation is 1. The van der Waals surface area contributed by atoms with Crippen molar-refractivity contribution in [3.05, 3.63) is 88.5 Å². The monoisotopic (exact) mass is 420 g/mol. The van der Waals surface area contributed by atoms with E-state index in [-0.39, 0.29) is 18.3 Å². The molecular weight excluding hydrogens is 391 g/mol. The number of rotatable bonds is 9. The van der Waals surface area contributed by atoms with E-state index >= 15 is 0 Å². The zero-order valence-electron chi connectivity index (χ0n) is 18.1. The lowest BCUT2D eigenvalue weighted by Gasteiger charge is -2.21. The van der Waals surface area contributed by atoms with Gasteiger partial charge < -0.3 is 5.32 Å². The van der Waals surface area contributed by atoms with Gasteiger partial charge in [0, 0.05) is 36.0 Å². The average molecular weight is 421 g/mol. The molecule has 1 saturated carbocycles. The summed E-state index contributed by atoms with van der Waals surface area (Å²) in [7, 11) is 0. The molecule has 3 aromatic rings. The Kier molecular flexibility index (Phi) is 6.47. The number of hydrogen-bond acceptors (Lipinski definition) is 3. The summed E-state index contributed by atoms with van der Waals surface area (Å²) in [5, 5.41) is 7.71. The Hall–Kier alpha value is -2.99. The molecule has 0 spiro atoms. The van der Waals surface area contributed by atoms with Crippen molar-refractivity contribution in [3.63, 3.8) is 0 Å². The van der Waals surface area contributed by atoms with Crippen LogP contribution in [-0.4, -0.2) is 33.2 Å². The van der Waals surface area contributed by atoms with Crippen molar-refractivity contribution in [1.29, 1.82) is 0 Å². The van der Waals surface area contributed by atoms with Gasteiger partial charge in [0.2, 0.25) is 5.91 Å². The maximum atomic E-state index is 14.1. The largest absolute Gasteiger partial charge is 0.351 e. The minimum atomic E-state index is -0.217. The van der Waals surface area contributed by atoms with Gasteiger partial charge in [-0.15, -0.1) is 0 Å². The Bertz CT molecular complexity index is 1040. The van der Waals surface area contributed by atoms with Crippen LogP contribution in [0.4, 0.5) is 4.39 Å². The predicted octanol–water partition coefficient (Wildman–Crippen LogP) is 3.97. The van der Waals surface area contributed by atoms with Crippen LogP contribution in [0.3, 0.4) is 0 Å². The summed E-state index contributed by atoms with van der Waals surface area (Å²) in [5.74, 6) is -0.261. The molecule has 31 heavy (non-hydrogen) atoms. The van der Waals surface area contributed by atoms with Gasteiger partial charge in [-0.2, -0.15) is 5.10 Å². The molecule has 1 amide bonds. The number of hydrogen-bond donors (Lipinski definition) is 1. The molecule has 5 nitrogen and oxygen atoms in total. The zero-order valence-corrected chi connectivity index (χ0v) is 18.1. The van der Waals surface area contributed by atoms with E-state index in [4.69, 9.17) is 0 Å². The molecule has 1 N–H and O–H groups in total. The fourth-order valence-electron chi connectivity index (χ4n) is 3.93. The fourth-order valence-corrected chi connectivity index (χ4v) is 3.93. The highest BCUT2D eigenvalue weighted by atomic mass is 19.1. The van der Waals surface area contributed by atoms with E-state index in [0.29, 0.717) is 31.2 Å². The summed E-state index contributed by atoms with van der Waals surface area (Å²) in [6.45, 7) is 5.90. The number of carbonyl (C=O) groups is 1. The fraction of sp³-hybridized carbons (Fsp3) is 0.360. The maximum Gasteiger partial charge on any atom is 0.234 e. The van der Waals surface area contributed by atoms with Gasteiger partial charge in [0.15, 0.2) is 0 Å². The minimum absolute atomic E-state index is 0.0437. The Balaban J connectivity index is 1.36. The minimum Gasteiger partial charge on any atom is -0.351 e. The highest BCUT2D eigenvalue weighted by molar-refractivity contribution is 5.78. The highest BCUT2D eigenvalue weighted by Crippen LogP contribution is 2.28. The third kappa shape index (κ3) is 5.39. The SMILES string of the molecule is Cc1nn(Cc2ccccc2)c(C)c1CNC(=O)CN(Cc1ccccc1F)C1CC1. The lowest BCUT2D eigenvalue weighted by atomic mass is 10.2. The molecule has 1 heterocycles. The molecule has 162 valence electrons.